The molecule has 2 fully saturated rings. The summed E-state index contributed by atoms with van der Waals surface area (Å²) >= 11 is 0. The molecule has 0 unspecified atom stereocenters. The van der Waals surface area contributed by atoms with Crippen molar-refractivity contribution < 1.29 is 23.5 Å². The van der Waals surface area contributed by atoms with Crippen LogP contribution in [0.25, 0.3) is 0 Å². The van der Waals surface area contributed by atoms with E-state index >= 15 is 0 Å². The number of carbonyl (C=O) groups is 2. The maximum atomic E-state index is 14.0. The maximum absolute atomic E-state index is 14.0. The first-order valence-electron chi connectivity index (χ1n) is 11.1. The van der Waals surface area contributed by atoms with E-state index in [1.165, 1.54) is 12.1 Å². The van der Waals surface area contributed by atoms with Crippen molar-refractivity contribution in [2.75, 3.05) is 20.2 Å². The number of nitrogens with zero attached hydrogens (tertiary/aromatic N) is 1. The molecule has 1 spiro atoms. The van der Waals surface area contributed by atoms with Crippen LogP contribution in [0.15, 0.2) is 48.5 Å². The van der Waals surface area contributed by atoms with Crippen LogP contribution in [0.4, 0.5) is 4.39 Å². The van der Waals surface area contributed by atoms with Crippen molar-refractivity contribution in [3.05, 3.63) is 59.9 Å². The molecule has 2 amide bonds. The van der Waals surface area contributed by atoms with Crippen molar-refractivity contribution in [3.8, 4) is 11.5 Å². The fourth-order valence-corrected chi connectivity index (χ4v) is 4.92. The molecule has 4 rings (SSSR count). The summed E-state index contributed by atoms with van der Waals surface area (Å²) < 4.78 is 25.3. The molecule has 32 heavy (non-hydrogen) atoms. The zero-order valence-electron chi connectivity index (χ0n) is 18.5. The van der Waals surface area contributed by atoms with Gasteiger partial charge < -0.3 is 19.7 Å². The molecule has 1 N–H and O–H groups in total. The molecule has 2 aliphatic rings. The maximum Gasteiger partial charge on any atom is 0.263 e. The molecule has 2 heterocycles. The summed E-state index contributed by atoms with van der Waals surface area (Å²) in [4.78, 5) is 27.5. The summed E-state index contributed by atoms with van der Waals surface area (Å²) in [5.74, 6) is 0.560. The van der Waals surface area contributed by atoms with Crippen molar-refractivity contribution in [2.24, 2.45) is 0 Å². The third-order valence-electron chi connectivity index (χ3n) is 6.49. The van der Waals surface area contributed by atoms with Gasteiger partial charge in [-0.15, -0.1) is 0 Å². The largest absolute Gasteiger partial charge is 0.497 e. The van der Waals surface area contributed by atoms with E-state index in [0.717, 1.165) is 18.4 Å². The summed E-state index contributed by atoms with van der Waals surface area (Å²) in [6.45, 7) is 2.69. The minimum atomic E-state index is -0.662. The van der Waals surface area contributed by atoms with Gasteiger partial charge in [-0.3, -0.25) is 9.59 Å². The second-order valence-corrected chi connectivity index (χ2v) is 8.58. The number of methoxy groups -OCH3 is 1. The lowest BCUT2D eigenvalue weighted by Crippen LogP contribution is -2.56. The lowest BCUT2D eigenvalue weighted by molar-refractivity contribution is -0.138. The summed E-state index contributed by atoms with van der Waals surface area (Å²) in [7, 11) is 1.58. The average Bonchev–Trinajstić information content (AvgIpc) is 3.15. The van der Waals surface area contributed by atoms with Crippen molar-refractivity contribution in [1.82, 2.24) is 10.2 Å². The SMILES string of the molecule is CC[C@@H](Oc1cccc(OC)c1)C(=O)N1C[C@@H](c2cccc(F)c2)[C@@]2(CCCC(=O)N2)C1. The van der Waals surface area contributed by atoms with Crippen LogP contribution in [0.1, 0.15) is 44.1 Å². The van der Waals surface area contributed by atoms with Gasteiger partial charge in [0.2, 0.25) is 5.91 Å². The van der Waals surface area contributed by atoms with Crippen LogP contribution < -0.4 is 14.8 Å². The Morgan fingerprint density at radius 2 is 2.03 bits per heavy atom. The molecule has 0 aromatic heterocycles. The van der Waals surface area contributed by atoms with Crippen LogP contribution in [0.3, 0.4) is 0 Å². The Kier molecular flexibility index (Phi) is 6.35. The molecular formula is C25H29FN2O4. The van der Waals surface area contributed by atoms with Gasteiger partial charge in [0.25, 0.3) is 5.91 Å². The van der Waals surface area contributed by atoms with Crippen molar-refractivity contribution >= 4 is 11.8 Å². The van der Waals surface area contributed by atoms with Gasteiger partial charge in [-0.05, 0) is 49.1 Å². The van der Waals surface area contributed by atoms with Gasteiger partial charge in [-0.2, -0.15) is 0 Å². The van der Waals surface area contributed by atoms with Crippen LogP contribution in [0.5, 0.6) is 11.5 Å². The summed E-state index contributed by atoms with van der Waals surface area (Å²) in [5.41, 5.74) is 0.205. The number of ether oxygens (including phenoxy) is 2. The van der Waals surface area contributed by atoms with E-state index in [0.29, 0.717) is 37.4 Å². The normalized spacial score (nSPS) is 23.7. The van der Waals surface area contributed by atoms with Crippen LogP contribution in [0, 0.1) is 5.82 Å². The van der Waals surface area contributed by atoms with Gasteiger partial charge in [-0.1, -0.05) is 25.1 Å². The van der Waals surface area contributed by atoms with E-state index in [2.05, 4.69) is 5.32 Å². The van der Waals surface area contributed by atoms with Crippen molar-refractivity contribution in [3.63, 3.8) is 0 Å². The molecule has 3 atom stereocenters. The number of nitrogens with one attached hydrogen (secondary N) is 1. The van der Waals surface area contributed by atoms with E-state index in [4.69, 9.17) is 9.47 Å². The number of benzene rings is 2. The topological polar surface area (TPSA) is 67.9 Å². The van der Waals surface area contributed by atoms with Crippen LogP contribution in [-0.2, 0) is 9.59 Å². The minimum absolute atomic E-state index is 0.0216. The molecule has 2 saturated heterocycles. The predicted molar refractivity (Wildman–Crippen MR) is 118 cm³/mol. The van der Waals surface area contributed by atoms with Gasteiger partial charge in [0.05, 0.1) is 12.6 Å². The smallest absolute Gasteiger partial charge is 0.263 e. The molecule has 2 aromatic rings. The first-order valence-corrected chi connectivity index (χ1v) is 11.1. The van der Waals surface area contributed by atoms with Gasteiger partial charge >= 0.3 is 0 Å². The fourth-order valence-electron chi connectivity index (χ4n) is 4.92. The molecule has 0 saturated carbocycles. The Labute approximate surface area is 187 Å². The van der Waals surface area contributed by atoms with Crippen molar-refractivity contribution in [1.29, 1.82) is 0 Å². The van der Waals surface area contributed by atoms with Gasteiger partial charge in [0.15, 0.2) is 6.10 Å². The molecule has 0 aliphatic carbocycles. The second-order valence-electron chi connectivity index (χ2n) is 8.58. The molecule has 6 nitrogen and oxygen atoms in total. The third kappa shape index (κ3) is 4.42. The number of carbonyl (C=O) groups excluding carboxylic acids is 2. The molecule has 7 heteroatoms. The molecule has 170 valence electrons. The second kappa shape index (κ2) is 9.18. The number of likely N-dealkylation sites (tertiary alicyclic amines) is 1. The Morgan fingerprint density at radius 3 is 2.75 bits per heavy atom. The van der Waals surface area contributed by atoms with E-state index in [9.17, 15) is 14.0 Å². The molecule has 0 bridgehead atoms. The summed E-state index contributed by atoms with van der Waals surface area (Å²) in [5, 5.41) is 3.15. The number of amides is 2. The van der Waals surface area contributed by atoms with E-state index in [1.54, 1.807) is 30.2 Å². The zero-order valence-corrected chi connectivity index (χ0v) is 18.5. The third-order valence-corrected chi connectivity index (χ3v) is 6.49. The van der Waals surface area contributed by atoms with Crippen molar-refractivity contribution in [2.45, 2.75) is 50.2 Å². The lowest BCUT2D eigenvalue weighted by atomic mass is 9.76. The standard InChI is InChI=1S/C25H29FN2O4/c1-3-22(32-20-10-5-9-19(14-20)31-2)24(30)28-15-21(17-7-4-8-18(26)13-17)25(16-28)12-6-11-23(29)27-25/h4-5,7-10,13-14,21-22H,3,6,11-12,15-16H2,1-2H3,(H,27,29)/t21-,22+,25+/m0/s1. The Balaban J connectivity index is 1.58. The number of halogens is 1. The number of hydrogen-bond acceptors (Lipinski definition) is 4. The Bertz CT molecular complexity index is 997. The van der Waals surface area contributed by atoms with E-state index < -0.39 is 11.6 Å². The van der Waals surface area contributed by atoms with Gasteiger partial charge in [0.1, 0.15) is 17.3 Å². The molecule has 2 aromatic carbocycles. The number of piperidine rings is 1. The number of rotatable bonds is 6. The highest BCUT2D eigenvalue weighted by molar-refractivity contribution is 5.83. The van der Waals surface area contributed by atoms with E-state index in [-0.39, 0.29) is 23.5 Å². The van der Waals surface area contributed by atoms with Gasteiger partial charge in [-0.25, -0.2) is 4.39 Å². The quantitative estimate of drug-likeness (QED) is 0.745. The fraction of sp³-hybridized carbons (Fsp3) is 0.440. The average molecular weight is 441 g/mol. The monoisotopic (exact) mass is 440 g/mol. The Morgan fingerprint density at radius 1 is 1.25 bits per heavy atom. The first-order chi connectivity index (χ1) is 15.4. The number of hydrogen-bond donors (Lipinski definition) is 1. The summed E-state index contributed by atoms with van der Waals surface area (Å²) in [6, 6.07) is 13.6. The van der Waals surface area contributed by atoms with E-state index in [1.807, 2.05) is 25.1 Å². The van der Waals surface area contributed by atoms with Gasteiger partial charge in [0, 0.05) is 31.5 Å². The van der Waals surface area contributed by atoms with Crippen LogP contribution >= 0.6 is 0 Å². The first kappa shape index (κ1) is 22.1. The van der Waals surface area contributed by atoms with Crippen LogP contribution in [-0.4, -0.2) is 48.6 Å². The molecular weight excluding hydrogens is 411 g/mol. The summed E-state index contributed by atoms with van der Waals surface area (Å²) in [6.07, 6.45) is 1.80. The van der Waals surface area contributed by atoms with Crippen LogP contribution in [0.2, 0.25) is 0 Å². The highest BCUT2D eigenvalue weighted by atomic mass is 19.1. The zero-order chi connectivity index (χ0) is 22.7. The molecule has 2 aliphatic heterocycles. The lowest BCUT2D eigenvalue weighted by Gasteiger charge is -2.39. The predicted octanol–water partition coefficient (Wildman–Crippen LogP) is 3.66. The Hall–Kier alpha value is -3.09. The minimum Gasteiger partial charge on any atom is -0.497 e. The molecule has 0 radical (unpaired) electrons. The highest BCUT2D eigenvalue weighted by Gasteiger charge is 2.51. The highest BCUT2D eigenvalue weighted by Crippen LogP contribution is 2.42.